The zero-order valence-corrected chi connectivity index (χ0v) is 20.7. The molecule has 1 fully saturated rings. The number of fused-ring (bicyclic) bond motifs is 1. The maximum atomic E-state index is 13.3. The molecule has 0 bridgehead atoms. The van der Waals surface area contributed by atoms with Crippen molar-refractivity contribution < 1.29 is 14.4 Å². The Labute approximate surface area is 218 Å². The van der Waals surface area contributed by atoms with Gasteiger partial charge in [0.1, 0.15) is 17.5 Å². The van der Waals surface area contributed by atoms with Gasteiger partial charge in [-0.05, 0) is 48.6 Å². The van der Waals surface area contributed by atoms with Crippen molar-refractivity contribution in [3.8, 4) is 0 Å². The van der Waals surface area contributed by atoms with E-state index in [-0.39, 0.29) is 11.5 Å². The molecule has 4 N–H and O–H groups in total. The van der Waals surface area contributed by atoms with Crippen molar-refractivity contribution in [2.45, 2.75) is 38.4 Å². The van der Waals surface area contributed by atoms with Gasteiger partial charge in [-0.2, -0.15) is 0 Å². The van der Waals surface area contributed by atoms with Crippen LogP contribution in [0.4, 0.5) is 5.82 Å². The summed E-state index contributed by atoms with van der Waals surface area (Å²) in [5.41, 5.74) is 10.8. The quantitative estimate of drug-likeness (QED) is 0.362. The topological polar surface area (TPSA) is 127 Å². The van der Waals surface area contributed by atoms with Crippen LogP contribution in [0, 0.1) is 0 Å². The Morgan fingerprint density at radius 3 is 2.68 bits per heavy atom. The number of hydrogen-bond donors (Lipinski definition) is 3. The summed E-state index contributed by atoms with van der Waals surface area (Å²) >= 11 is 0. The number of rotatable bonds is 3. The number of aromatic nitrogens is 3. The number of anilines is 1. The van der Waals surface area contributed by atoms with Crippen molar-refractivity contribution in [2.24, 2.45) is 0 Å². The zero-order chi connectivity index (χ0) is 26.0. The number of imidazole rings is 1. The molecule has 10 heteroatoms. The van der Waals surface area contributed by atoms with E-state index in [1.165, 1.54) is 0 Å². The number of hydrogen-bond acceptors (Lipinski definition) is 6. The van der Waals surface area contributed by atoms with E-state index in [9.17, 15) is 14.4 Å². The Kier molecular flexibility index (Phi) is 5.12. The van der Waals surface area contributed by atoms with Crippen LogP contribution in [-0.2, 0) is 27.5 Å². The monoisotopic (exact) mass is 509 g/mol. The summed E-state index contributed by atoms with van der Waals surface area (Å²) in [6, 6.07) is 10.8. The fourth-order valence-corrected chi connectivity index (χ4v) is 6.08. The molecule has 1 atom stereocenters. The van der Waals surface area contributed by atoms with E-state index in [0.717, 1.165) is 48.8 Å². The molecule has 6 heterocycles. The molecule has 0 saturated carbocycles. The molecule has 1 saturated heterocycles. The third-order valence-corrected chi connectivity index (χ3v) is 7.92. The lowest BCUT2D eigenvalue weighted by atomic mass is 9.95. The average molecular weight is 510 g/mol. The smallest absolute Gasteiger partial charge is 0.261 e. The molecule has 7 rings (SSSR count). The van der Waals surface area contributed by atoms with Gasteiger partial charge in [-0.25, -0.2) is 4.98 Å². The van der Waals surface area contributed by atoms with Gasteiger partial charge in [-0.1, -0.05) is 18.2 Å². The largest absolute Gasteiger partial charge is 0.385 e. The number of pyridine rings is 1. The van der Waals surface area contributed by atoms with E-state index in [1.807, 2.05) is 52.1 Å². The van der Waals surface area contributed by atoms with Crippen molar-refractivity contribution >= 4 is 51.2 Å². The summed E-state index contributed by atoms with van der Waals surface area (Å²) in [5, 5.41) is 6.68. The van der Waals surface area contributed by atoms with Crippen LogP contribution >= 0.6 is 0 Å². The summed E-state index contributed by atoms with van der Waals surface area (Å²) in [4.78, 5) is 46.0. The van der Waals surface area contributed by atoms with Crippen molar-refractivity contribution in [2.75, 3.05) is 18.8 Å². The fraction of sp³-hybridized carbons (Fsp3) is 0.286. The number of nitrogens with zero attached hydrogens (tertiary/aromatic N) is 4. The number of carbonyl (C=O) groups excluding carboxylic acids is 3. The predicted molar refractivity (Wildman–Crippen MR) is 143 cm³/mol. The number of imide groups is 1. The third kappa shape index (κ3) is 3.37. The standard InChI is InChI=1S/C28H27N7O3/c29-21-12-18-17(23-24(27(37)32-26(23)36)20-14-31-22-6-2-5-11-34(20)22)8-7-16-13-30-19(15-35(21)25(16)18)28(38)33-9-3-1-4-10-33/h2,5-8,11-12,14,19,30H,1,3-4,9-10,13,15,29H2,(H,32,36,37). The van der Waals surface area contributed by atoms with E-state index in [2.05, 4.69) is 15.6 Å². The van der Waals surface area contributed by atoms with Crippen LogP contribution in [0.5, 0.6) is 0 Å². The molecule has 0 spiro atoms. The second-order valence-corrected chi connectivity index (χ2v) is 10.1. The summed E-state index contributed by atoms with van der Waals surface area (Å²) in [7, 11) is 0. The maximum absolute atomic E-state index is 13.3. The van der Waals surface area contributed by atoms with Gasteiger partial charge in [0.05, 0.1) is 28.6 Å². The SMILES string of the molecule is Nc1cc2c(C3=C(c4cnc5ccccn45)C(=O)NC3=O)ccc3c2n1CC(C(=O)N1CCCCC1)NC3. The lowest BCUT2D eigenvalue weighted by Crippen LogP contribution is -2.49. The van der Waals surface area contributed by atoms with E-state index >= 15 is 0 Å². The van der Waals surface area contributed by atoms with Gasteiger partial charge in [0.25, 0.3) is 11.8 Å². The molecule has 1 unspecified atom stereocenters. The van der Waals surface area contributed by atoms with Gasteiger partial charge >= 0.3 is 0 Å². The highest BCUT2D eigenvalue weighted by atomic mass is 16.2. The van der Waals surface area contributed by atoms with E-state index < -0.39 is 17.9 Å². The molecule has 0 aliphatic carbocycles. The predicted octanol–water partition coefficient (Wildman–Crippen LogP) is 1.92. The minimum absolute atomic E-state index is 0.0948. The highest BCUT2D eigenvalue weighted by molar-refractivity contribution is 6.49. The van der Waals surface area contributed by atoms with Crippen LogP contribution in [-0.4, -0.2) is 55.7 Å². The van der Waals surface area contributed by atoms with Gasteiger partial charge in [0.2, 0.25) is 5.91 Å². The summed E-state index contributed by atoms with van der Waals surface area (Å²) < 4.78 is 3.76. The first-order chi connectivity index (χ1) is 18.5. The number of likely N-dealkylation sites (tertiary alicyclic amines) is 1. The first-order valence-electron chi connectivity index (χ1n) is 13.0. The molecular weight excluding hydrogens is 482 g/mol. The molecule has 10 nitrogen and oxygen atoms in total. The van der Waals surface area contributed by atoms with Gasteiger partial charge < -0.3 is 20.5 Å². The van der Waals surface area contributed by atoms with E-state index in [4.69, 9.17) is 5.73 Å². The molecule has 1 aromatic carbocycles. The normalized spacial score (nSPS) is 19.9. The van der Waals surface area contributed by atoms with Crippen molar-refractivity contribution in [3.05, 3.63) is 65.6 Å². The van der Waals surface area contributed by atoms with Crippen LogP contribution in [0.2, 0.25) is 0 Å². The molecular formula is C28H27N7O3. The molecule has 3 aliphatic heterocycles. The Balaban J connectivity index is 1.37. The minimum Gasteiger partial charge on any atom is -0.385 e. The third-order valence-electron chi connectivity index (χ3n) is 7.92. The number of carbonyl (C=O) groups is 3. The summed E-state index contributed by atoms with van der Waals surface area (Å²) in [5.74, 6) is -0.311. The molecule has 3 aliphatic rings. The summed E-state index contributed by atoms with van der Waals surface area (Å²) in [6.07, 6.45) is 6.65. The van der Waals surface area contributed by atoms with Crippen LogP contribution in [0.3, 0.4) is 0 Å². The van der Waals surface area contributed by atoms with Crippen LogP contribution in [0.15, 0.2) is 48.8 Å². The number of nitrogens with one attached hydrogen (secondary N) is 2. The average Bonchev–Trinajstić information content (AvgIpc) is 3.53. The van der Waals surface area contributed by atoms with Crippen LogP contribution < -0.4 is 16.4 Å². The lowest BCUT2D eigenvalue weighted by Gasteiger charge is -2.30. The van der Waals surface area contributed by atoms with Crippen LogP contribution in [0.1, 0.15) is 36.1 Å². The Morgan fingerprint density at radius 1 is 1.03 bits per heavy atom. The molecule has 0 radical (unpaired) electrons. The first kappa shape index (κ1) is 22.7. The lowest BCUT2D eigenvalue weighted by molar-refractivity contribution is -0.134. The van der Waals surface area contributed by atoms with E-state index in [0.29, 0.717) is 41.4 Å². The Bertz CT molecular complexity index is 1690. The highest BCUT2D eigenvalue weighted by Gasteiger charge is 2.36. The molecule has 3 aromatic heterocycles. The van der Waals surface area contributed by atoms with Crippen LogP contribution in [0.25, 0.3) is 27.7 Å². The van der Waals surface area contributed by atoms with Crippen molar-refractivity contribution in [1.82, 2.24) is 29.5 Å². The fourth-order valence-electron chi connectivity index (χ4n) is 6.08. The highest BCUT2D eigenvalue weighted by Crippen LogP contribution is 2.38. The van der Waals surface area contributed by atoms with Gasteiger partial charge in [0, 0.05) is 37.8 Å². The number of nitrogen functional groups attached to an aromatic ring is 1. The first-order valence-corrected chi connectivity index (χ1v) is 13.0. The Morgan fingerprint density at radius 2 is 1.84 bits per heavy atom. The maximum Gasteiger partial charge on any atom is 0.261 e. The number of piperidine rings is 1. The number of nitrogens with two attached hydrogens (primary N) is 1. The second-order valence-electron chi connectivity index (χ2n) is 10.1. The zero-order valence-electron chi connectivity index (χ0n) is 20.7. The molecule has 3 amide bonds. The van der Waals surface area contributed by atoms with Crippen molar-refractivity contribution in [3.63, 3.8) is 0 Å². The van der Waals surface area contributed by atoms with Crippen molar-refractivity contribution in [1.29, 1.82) is 0 Å². The molecule has 192 valence electrons. The molecule has 38 heavy (non-hydrogen) atoms. The second kappa shape index (κ2) is 8.56. The van der Waals surface area contributed by atoms with Gasteiger partial charge in [0.15, 0.2) is 0 Å². The van der Waals surface area contributed by atoms with Gasteiger partial charge in [-0.15, -0.1) is 0 Å². The number of benzene rings is 1. The Hall–Kier alpha value is -4.44. The van der Waals surface area contributed by atoms with Gasteiger partial charge in [-0.3, -0.25) is 24.1 Å². The number of amides is 3. The molecule has 4 aromatic rings. The minimum atomic E-state index is -0.460. The van der Waals surface area contributed by atoms with E-state index in [1.54, 1.807) is 10.6 Å². The summed E-state index contributed by atoms with van der Waals surface area (Å²) in [6.45, 7) is 2.46.